The minimum Gasteiger partial charge on any atom is -0.338 e. The Balaban J connectivity index is 2.18. The largest absolute Gasteiger partial charge is 0.338 e. The second-order valence-electron chi connectivity index (χ2n) is 4.03. The molecular formula is C9H15N3O. The van der Waals surface area contributed by atoms with Gasteiger partial charge in [0, 0.05) is 5.41 Å². The fourth-order valence-corrected chi connectivity index (χ4v) is 1.22. The quantitative estimate of drug-likeness (QED) is 0.768. The molecule has 0 spiro atoms. The molecule has 0 aromatic carbocycles. The number of nitrogens with two attached hydrogens (primary N) is 1. The lowest BCUT2D eigenvalue weighted by Gasteiger charge is -2.00. The molecule has 1 aromatic heterocycles. The molecule has 0 amide bonds. The molecule has 1 aliphatic carbocycles. The van der Waals surface area contributed by atoms with E-state index < -0.39 is 0 Å². The van der Waals surface area contributed by atoms with Crippen LogP contribution >= 0.6 is 0 Å². The van der Waals surface area contributed by atoms with Gasteiger partial charge < -0.3 is 10.3 Å². The van der Waals surface area contributed by atoms with Crippen LogP contribution < -0.4 is 5.73 Å². The highest BCUT2D eigenvalue weighted by Gasteiger charge is 2.43. The van der Waals surface area contributed by atoms with Crippen LogP contribution in [0, 0.1) is 0 Å². The Kier molecular flexibility index (Phi) is 1.87. The average Bonchev–Trinajstić information content (AvgIpc) is 2.72. The van der Waals surface area contributed by atoms with Gasteiger partial charge in [0.2, 0.25) is 5.89 Å². The highest BCUT2D eigenvalue weighted by molar-refractivity contribution is 5.14. The standard InChI is InChI=1S/C9H15N3O/c1-3-6(10)7-11-8(12-13-7)9(2)4-5-9/h6H,3-5,10H2,1-2H3/t6-/m1/s1. The van der Waals surface area contributed by atoms with Gasteiger partial charge in [0.15, 0.2) is 5.82 Å². The summed E-state index contributed by atoms with van der Waals surface area (Å²) in [6.45, 7) is 4.16. The molecule has 0 bridgehead atoms. The summed E-state index contributed by atoms with van der Waals surface area (Å²) in [5.74, 6) is 1.40. The minimum atomic E-state index is -0.108. The van der Waals surface area contributed by atoms with Gasteiger partial charge in [-0.3, -0.25) is 0 Å². The van der Waals surface area contributed by atoms with Crippen molar-refractivity contribution in [1.82, 2.24) is 10.1 Å². The van der Waals surface area contributed by atoms with E-state index >= 15 is 0 Å². The molecule has 0 saturated heterocycles. The van der Waals surface area contributed by atoms with Crippen molar-refractivity contribution in [3.8, 4) is 0 Å². The maximum Gasteiger partial charge on any atom is 0.243 e. The van der Waals surface area contributed by atoms with Gasteiger partial charge in [-0.05, 0) is 19.3 Å². The minimum absolute atomic E-state index is 0.108. The molecule has 1 aliphatic rings. The second kappa shape index (κ2) is 2.80. The molecule has 1 fully saturated rings. The highest BCUT2D eigenvalue weighted by atomic mass is 16.5. The number of nitrogens with zero attached hydrogens (tertiary/aromatic N) is 2. The smallest absolute Gasteiger partial charge is 0.243 e. The molecular weight excluding hydrogens is 166 g/mol. The molecule has 2 N–H and O–H groups in total. The molecule has 2 rings (SSSR count). The molecule has 1 heterocycles. The van der Waals surface area contributed by atoms with E-state index in [1.807, 2.05) is 6.92 Å². The van der Waals surface area contributed by atoms with E-state index in [0.29, 0.717) is 5.89 Å². The Morgan fingerprint density at radius 3 is 2.85 bits per heavy atom. The van der Waals surface area contributed by atoms with Crippen molar-refractivity contribution < 1.29 is 4.52 Å². The SMILES string of the molecule is CC[C@@H](N)c1nc(C2(C)CC2)no1. The normalized spacial score (nSPS) is 21.5. The lowest BCUT2D eigenvalue weighted by Crippen LogP contribution is -2.10. The van der Waals surface area contributed by atoms with Crippen molar-refractivity contribution in [3.05, 3.63) is 11.7 Å². The molecule has 1 atom stereocenters. The van der Waals surface area contributed by atoms with Crippen molar-refractivity contribution in [1.29, 1.82) is 0 Å². The topological polar surface area (TPSA) is 64.9 Å². The molecule has 1 saturated carbocycles. The van der Waals surface area contributed by atoms with Gasteiger partial charge in [0.1, 0.15) is 0 Å². The van der Waals surface area contributed by atoms with Gasteiger partial charge in [0.25, 0.3) is 0 Å². The van der Waals surface area contributed by atoms with Crippen LogP contribution in [0.4, 0.5) is 0 Å². The Labute approximate surface area is 77.5 Å². The van der Waals surface area contributed by atoms with E-state index in [4.69, 9.17) is 10.3 Å². The van der Waals surface area contributed by atoms with Crippen LogP contribution in [0.2, 0.25) is 0 Å². The third-order valence-electron chi connectivity index (χ3n) is 2.74. The second-order valence-corrected chi connectivity index (χ2v) is 4.03. The molecule has 1 aromatic rings. The Morgan fingerprint density at radius 1 is 1.62 bits per heavy atom. The van der Waals surface area contributed by atoms with E-state index in [1.165, 1.54) is 0 Å². The average molecular weight is 181 g/mol. The lowest BCUT2D eigenvalue weighted by atomic mass is 10.1. The summed E-state index contributed by atoms with van der Waals surface area (Å²) in [6, 6.07) is -0.108. The van der Waals surface area contributed by atoms with Crippen LogP contribution in [0.15, 0.2) is 4.52 Å². The van der Waals surface area contributed by atoms with Crippen molar-refractivity contribution in [2.24, 2.45) is 5.73 Å². The van der Waals surface area contributed by atoms with Crippen LogP contribution in [0.25, 0.3) is 0 Å². The first-order valence-electron chi connectivity index (χ1n) is 4.75. The number of aromatic nitrogens is 2. The van der Waals surface area contributed by atoms with E-state index in [2.05, 4.69) is 17.1 Å². The van der Waals surface area contributed by atoms with Crippen LogP contribution in [-0.2, 0) is 5.41 Å². The first kappa shape index (κ1) is 8.69. The maximum absolute atomic E-state index is 5.78. The van der Waals surface area contributed by atoms with Gasteiger partial charge in [-0.1, -0.05) is 19.0 Å². The summed E-state index contributed by atoms with van der Waals surface area (Å²) in [4.78, 5) is 4.31. The Bertz CT molecular complexity index is 304. The number of rotatable bonds is 3. The zero-order valence-electron chi connectivity index (χ0n) is 8.08. The Morgan fingerprint density at radius 2 is 2.31 bits per heavy atom. The third kappa shape index (κ3) is 1.46. The number of hydrogen-bond acceptors (Lipinski definition) is 4. The van der Waals surface area contributed by atoms with Gasteiger partial charge >= 0.3 is 0 Å². The fourth-order valence-electron chi connectivity index (χ4n) is 1.22. The molecule has 4 heteroatoms. The summed E-state index contributed by atoms with van der Waals surface area (Å²) in [5.41, 5.74) is 5.95. The van der Waals surface area contributed by atoms with Crippen LogP contribution in [-0.4, -0.2) is 10.1 Å². The lowest BCUT2D eigenvalue weighted by molar-refractivity contribution is 0.346. The monoisotopic (exact) mass is 181 g/mol. The maximum atomic E-state index is 5.78. The summed E-state index contributed by atoms with van der Waals surface area (Å²) in [6.07, 6.45) is 3.15. The van der Waals surface area contributed by atoms with Crippen molar-refractivity contribution in [3.63, 3.8) is 0 Å². The summed E-state index contributed by atoms with van der Waals surface area (Å²) in [5, 5.41) is 3.95. The summed E-state index contributed by atoms with van der Waals surface area (Å²) < 4.78 is 5.10. The predicted molar refractivity (Wildman–Crippen MR) is 48.1 cm³/mol. The van der Waals surface area contributed by atoms with E-state index in [1.54, 1.807) is 0 Å². The van der Waals surface area contributed by atoms with Crippen LogP contribution in [0.1, 0.15) is 50.9 Å². The van der Waals surface area contributed by atoms with Gasteiger partial charge in [-0.15, -0.1) is 0 Å². The molecule has 13 heavy (non-hydrogen) atoms. The van der Waals surface area contributed by atoms with Gasteiger partial charge in [-0.25, -0.2) is 0 Å². The zero-order valence-corrected chi connectivity index (χ0v) is 8.08. The molecule has 0 radical (unpaired) electrons. The van der Waals surface area contributed by atoms with Gasteiger partial charge in [-0.2, -0.15) is 4.98 Å². The molecule has 72 valence electrons. The Hall–Kier alpha value is -0.900. The first-order valence-corrected chi connectivity index (χ1v) is 4.75. The first-order chi connectivity index (χ1) is 6.15. The summed E-state index contributed by atoms with van der Waals surface area (Å²) >= 11 is 0. The van der Waals surface area contributed by atoms with Crippen molar-refractivity contribution in [2.45, 2.75) is 44.6 Å². The van der Waals surface area contributed by atoms with Crippen molar-refractivity contribution in [2.75, 3.05) is 0 Å². The molecule has 4 nitrogen and oxygen atoms in total. The van der Waals surface area contributed by atoms with Gasteiger partial charge in [0.05, 0.1) is 6.04 Å². The van der Waals surface area contributed by atoms with E-state index in [0.717, 1.165) is 25.1 Å². The third-order valence-corrected chi connectivity index (χ3v) is 2.74. The summed E-state index contributed by atoms with van der Waals surface area (Å²) in [7, 11) is 0. The van der Waals surface area contributed by atoms with Crippen LogP contribution in [0.3, 0.4) is 0 Å². The molecule has 0 unspecified atom stereocenters. The predicted octanol–water partition coefficient (Wildman–Crippen LogP) is 1.53. The van der Waals surface area contributed by atoms with E-state index in [9.17, 15) is 0 Å². The molecule has 0 aliphatic heterocycles. The van der Waals surface area contributed by atoms with Crippen LogP contribution in [0.5, 0.6) is 0 Å². The fraction of sp³-hybridized carbons (Fsp3) is 0.778. The van der Waals surface area contributed by atoms with E-state index in [-0.39, 0.29) is 11.5 Å². The number of hydrogen-bond donors (Lipinski definition) is 1. The van der Waals surface area contributed by atoms with Crippen molar-refractivity contribution >= 4 is 0 Å². The zero-order chi connectivity index (χ0) is 9.47. The highest BCUT2D eigenvalue weighted by Crippen LogP contribution is 2.46.